The number of esters is 1. The number of aliphatic hydroxyl groups is 2. The van der Waals surface area contributed by atoms with E-state index in [2.05, 4.69) is 6.92 Å². The van der Waals surface area contributed by atoms with Crippen molar-refractivity contribution in [1.82, 2.24) is 0 Å². The average Bonchev–Trinajstić information content (AvgIpc) is 3.10. The van der Waals surface area contributed by atoms with Crippen LogP contribution < -0.4 is 0 Å². The molecule has 5 nitrogen and oxygen atoms in total. The smallest absolute Gasteiger partial charge is 0.309 e. The van der Waals surface area contributed by atoms with Crippen molar-refractivity contribution in [2.24, 2.45) is 23.2 Å². The van der Waals surface area contributed by atoms with E-state index < -0.39 is 17.1 Å². The highest BCUT2D eigenvalue weighted by molar-refractivity contribution is 5.73. The van der Waals surface area contributed by atoms with E-state index in [4.69, 9.17) is 9.15 Å². The van der Waals surface area contributed by atoms with E-state index in [0.29, 0.717) is 12.8 Å². The van der Waals surface area contributed by atoms with E-state index >= 15 is 0 Å². The number of hydrogen-bond donors (Lipinski definition) is 2. The van der Waals surface area contributed by atoms with Gasteiger partial charge < -0.3 is 19.4 Å². The number of hydrogen-bond acceptors (Lipinski definition) is 5. The maximum Gasteiger partial charge on any atom is 0.309 e. The van der Waals surface area contributed by atoms with Gasteiger partial charge in [-0.05, 0) is 49.7 Å². The molecule has 2 N–H and O–H groups in total. The van der Waals surface area contributed by atoms with Crippen molar-refractivity contribution in [2.45, 2.75) is 64.1 Å². The number of fused-ring (bicyclic) bond motifs is 1. The Bertz CT molecular complexity index is 597. The number of furan rings is 1. The third-order valence-corrected chi connectivity index (χ3v) is 7.07. The predicted molar refractivity (Wildman–Crippen MR) is 92.7 cm³/mol. The molecule has 140 valence electrons. The fraction of sp³-hybridized carbons (Fsp3) is 0.750. The topological polar surface area (TPSA) is 79.9 Å². The normalized spacial score (nSPS) is 41.2. The SMILES string of the molecule is COC(=O)[C@H]1CCC[C@@]2(C)[C@@H]1[C@H](O)C[C@@H](C)[C@]2(O)CCc1ccoc1. The second kappa shape index (κ2) is 6.76. The summed E-state index contributed by atoms with van der Waals surface area (Å²) in [7, 11) is 1.40. The molecule has 25 heavy (non-hydrogen) atoms. The molecule has 1 aromatic heterocycles. The van der Waals surface area contributed by atoms with Gasteiger partial charge in [-0.15, -0.1) is 0 Å². The van der Waals surface area contributed by atoms with Crippen LogP contribution >= 0.6 is 0 Å². The number of aryl methyl sites for hydroxylation is 1. The first-order valence-corrected chi connectivity index (χ1v) is 9.33. The first-order chi connectivity index (χ1) is 11.8. The summed E-state index contributed by atoms with van der Waals surface area (Å²) in [5.41, 5.74) is -0.376. The Morgan fingerprint density at radius 1 is 1.48 bits per heavy atom. The minimum Gasteiger partial charge on any atom is -0.472 e. The minimum absolute atomic E-state index is 0.0351. The molecule has 2 aliphatic rings. The van der Waals surface area contributed by atoms with E-state index in [1.807, 2.05) is 13.0 Å². The molecular weight excluding hydrogens is 320 g/mol. The van der Waals surface area contributed by atoms with Gasteiger partial charge in [-0.2, -0.15) is 0 Å². The Morgan fingerprint density at radius 2 is 2.24 bits per heavy atom. The van der Waals surface area contributed by atoms with E-state index in [0.717, 1.165) is 31.2 Å². The number of rotatable bonds is 4. The summed E-state index contributed by atoms with van der Waals surface area (Å²) in [4.78, 5) is 12.3. The van der Waals surface area contributed by atoms with Crippen molar-refractivity contribution in [3.05, 3.63) is 24.2 Å². The molecule has 1 heterocycles. The third-order valence-electron chi connectivity index (χ3n) is 7.07. The highest BCUT2D eigenvalue weighted by atomic mass is 16.5. The van der Waals surface area contributed by atoms with Gasteiger partial charge in [0.15, 0.2) is 0 Å². The Morgan fingerprint density at radius 3 is 2.88 bits per heavy atom. The lowest BCUT2D eigenvalue weighted by Gasteiger charge is -2.61. The summed E-state index contributed by atoms with van der Waals surface area (Å²) in [6, 6.07) is 1.92. The summed E-state index contributed by atoms with van der Waals surface area (Å²) in [6.07, 6.45) is 6.99. The van der Waals surface area contributed by atoms with Crippen LogP contribution in [-0.2, 0) is 16.0 Å². The van der Waals surface area contributed by atoms with Gasteiger partial charge in [0.05, 0.1) is 37.3 Å². The molecule has 1 aromatic rings. The number of methoxy groups -OCH3 is 1. The number of carbonyl (C=O) groups excluding carboxylic acids is 1. The fourth-order valence-electron chi connectivity index (χ4n) is 5.66. The van der Waals surface area contributed by atoms with Crippen LogP contribution in [0.15, 0.2) is 23.0 Å². The summed E-state index contributed by atoms with van der Waals surface area (Å²) < 4.78 is 10.1. The molecule has 2 aliphatic carbocycles. The number of ether oxygens (including phenoxy) is 1. The van der Waals surface area contributed by atoms with Crippen molar-refractivity contribution in [3.63, 3.8) is 0 Å². The van der Waals surface area contributed by atoms with Crippen LogP contribution in [-0.4, -0.2) is 35.0 Å². The molecule has 2 saturated carbocycles. The van der Waals surface area contributed by atoms with Crippen molar-refractivity contribution >= 4 is 5.97 Å². The van der Waals surface area contributed by atoms with Gasteiger partial charge in [-0.25, -0.2) is 0 Å². The largest absolute Gasteiger partial charge is 0.472 e. The van der Waals surface area contributed by atoms with Crippen LogP contribution in [0, 0.1) is 23.2 Å². The molecule has 0 aromatic carbocycles. The van der Waals surface area contributed by atoms with Crippen molar-refractivity contribution in [3.8, 4) is 0 Å². The van der Waals surface area contributed by atoms with Gasteiger partial charge in [0.25, 0.3) is 0 Å². The molecule has 0 amide bonds. The highest BCUT2D eigenvalue weighted by Crippen LogP contribution is 2.60. The van der Waals surface area contributed by atoms with Gasteiger partial charge in [0.1, 0.15) is 0 Å². The van der Waals surface area contributed by atoms with Crippen molar-refractivity contribution in [1.29, 1.82) is 0 Å². The highest BCUT2D eigenvalue weighted by Gasteiger charge is 2.63. The first kappa shape index (κ1) is 18.5. The Balaban J connectivity index is 1.92. The monoisotopic (exact) mass is 350 g/mol. The molecule has 0 radical (unpaired) electrons. The zero-order chi connectivity index (χ0) is 18.2. The lowest BCUT2D eigenvalue weighted by Crippen LogP contribution is -2.65. The maximum atomic E-state index is 12.3. The molecule has 6 atom stereocenters. The van der Waals surface area contributed by atoms with Gasteiger partial charge >= 0.3 is 5.97 Å². The maximum absolute atomic E-state index is 12.3. The van der Waals surface area contributed by atoms with E-state index in [-0.39, 0.29) is 23.7 Å². The summed E-state index contributed by atoms with van der Waals surface area (Å²) in [5, 5.41) is 22.6. The Hall–Kier alpha value is -1.33. The standard InChI is InChI=1S/C20H30O5/c1-13-11-16(21)17-15(18(22)24-3)5-4-8-19(17,2)20(13,23)9-6-14-7-10-25-12-14/h7,10,12-13,15-17,21,23H,4-6,8-9,11H2,1-3H3/t13-,15+,16-,17+,19+,20-/m1/s1. The van der Waals surface area contributed by atoms with Crippen LogP contribution in [0.5, 0.6) is 0 Å². The molecule has 3 rings (SSSR count). The Labute approximate surface area is 149 Å². The fourth-order valence-corrected chi connectivity index (χ4v) is 5.66. The van der Waals surface area contributed by atoms with Gasteiger partial charge in [0, 0.05) is 11.3 Å². The molecule has 0 aliphatic heterocycles. The zero-order valence-corrected chi connectivity index (χ0v) is 15.4. The van der Waals surface area contributed by atoms with Crippen molar-refractivity contribution in [2.75, 3.05) is 7.11 Å². The summed E-state index contributed by atoms with van der Waals surface area (Å²) in [6.45, 7) is 4.07. The predicted octanol–water partition coefficient (Wildman–Crippen LogP) is 2.94. The Kier molecular flexibility index (Phi) is 5.00. The third kappa shape index (κ3) is 2.91. The number of aliphatic hydroxyl groups excluding tert-OH is 1. The molecular formula is C20H30O5. The lowest BCUT2D eigenvalue weighted by molar-refractivity contribution is -0.232. The molecule has 0 bridgehead atoms. The molecule has 0 spiro atoms. The van der Waals surface area contributed by atoms with Crippen LogP contribution in [0.25, 0.3) is 0 Å². The minimum atomic E-state index is -0.930. The molecule has 5 heteroatoms. The van der Waals surface area contributed by atoms with E-state index in [1.165, 1.54) is 7.11 Å². The quantitative estimate of drug-likeness (QED) is 0.816. The molecule has 0 unspecified atom stereocenters. The first-order valence-electron chi connectivity index (χ1n) is 9.33. The molecule has 0 saturated heterocycles. The van der Waals surface area contributed by atoms with Crippen LogP contribution in [0.4, 0.5) is 0 Å². The van der Waals surface area contributed by atoms with Crippen LogP contribution in [0.1, 0.15) is 51.5 Å². The van der Waals surface area contributed by atoms with Crippen molar-refractivity contribution < 1.29 is 24.2 Å². The lowest BCUT2D eigenvalue weighted by atomic mass is 9.46. The van der Waals surface area contributed by atoms with Gasteiger partial charge in [0.2, 0.25) is 0 Å². The second-order valence-corrected chi connectivity index (χ2v) is 8.23. The zero-order valence-electron chi connectivity index (χ0n) is 15.4. The van der Waals surface area contributed by atoms with E-state index in [9.17, 15) is 15.0 Å². The van der Waals surface area contributed by atoms with Gasteiger partial charge in [-0.3, -0.25) is 4.79 Å². The second-order valence-electron chi connectivity index (χ2n) is 8.23. The van der Waals surface area contributed by atoms with Crippen LogP contribution in [0.2, 0.25) is 0 Å². The van der Waals surface area contributed by atoms with E-state index in [1.54, 1.807) is 12.5 Å². The molecule has 2 fully saturated rings. The van der Waals surface area contributed by atoms with Crippen LogP contribution in [0.3, 0.4) is 0 Å². The summed E-state index contributed by atoms with van der Waals surface area (Å²) in [5.74, 6) is -0.903. The average molecular weight is 350 g/mol. The number of carbonyl (C=O) groups is 1. The summed E-state index contributed by atoms with van der Waals surface area (Å²) >= 11 is 0. The van der Waals surface area contributed by atoms with Gasteiger partial charge in [-0.1, -0.05) is 20.3 Å².